The first-order chi connectivity index (χ1) is 15.5. The summed E-state index contributed by atoms with van der Waals surface area (Å²) in [5.41, 5.74) is 8.12. The molecule has 32 heavy (non-hydrogen) atoms. The van der Waals surface area contributed by atoms with Crippen LogP contribution >= 0.6 is 11.6 Å². The van der Waals surface area contributed by atoms with E-state index in [4.69, 9.17) is 17.3 Å². The fourth-order valence-electron chi connectivity index (χ4n) is 4.30. The lowest BCUT2D eigenvalue weighted by Gasteiger charge is -2.23. The highest BCUT2D eigenvalue weighted by atomic mass is 35.5. The quantitative estimate of drug-likeness (QED) is 0.444. The molecular weight excluding hydrogens is 433 g/mol. The predicted molar refractivity (Wildman–Crippen MR) is 118 cm³/mol. The van der Waals surface area contributed by atoms with Gasteiger partial charge in [-0.3, -0.25) is 4.68 Å². The maximum atomic E-state index is 14.4. The minimum Gasteiger partial charge on any atom is -0.396 e. The van der Waals surface area contributed by atoms with Crippen LogP contribution in [0.4, 0.5) is 15.9 Å². The van der Waals surface area contributed by atoms with E-state index < -0.39 is 5.82 Å². The molecule has 2 unspecified atom stereocenters. The Morgan fingerprint density at radius 2 is 2.28 bits per heavy atom. The van der Waals surface area contributed by atoms with Gasteiger partial charge in [0.15, 0.2) is 16.8 Å². The van der Waals surface area contributed by atoms with Crippen LogP contribution in [0.5, 0.6) is 0 Å². The van der Waals surface area contributed by atoms with Gasteiger partial charge in [-0.1, -0.05) is 11.6 Å². The third kappa shape index (κ3) is 3.50. The first-order valence-corrected chi connectivity index (χ1v) is 10.5. The molecule has 0 bridgehead atoms. The third-order valence-corrected chi connectivity index (χ3v) is 6.18. The lowest BCUT2D eigenvalue weighted by Crippen LogP contribution is -2.26. The largest absolute Gasteiger partial charge is 0.396 e. The summed E-state index contributed by atoms with van der Waals surface area (Å²) in [5, 5.41) is 15.0. The Kier molecular flexibility index (Phi) is 5.11. The maximum Gasteiger partial charge on any atom is 0.167 e. The molecule has 0 aliphatic carbocycles. The van der Waals surface area contributed by atoms with E-state index in [0.717, 1.165) is 28.7 Å². The Morgan fingerprint density at radius 3 is 3.12 bits per heavy atom. The van der Waals surface area contributed by atoms with Crippen molar-refractivity contribution >= 4 is 34.1 Å². The molecule has 9 nitrogen and oxygen atoms in total. The van der Waals surface area contributed by atoms with E-state index in [9.17, 15) is 9.65 Å². The predicted octanol–water partition coefficient (Wildman–Crippen LogP) is 3.57. The van der Waals surface area contributed by atoms with Gasteiger partial charge in [-0.2, -0.15) is 10.4 Å². The van der Waals surface area contributed by atoms with Crippen molar-refractivity contribution < 1.29 is 4.39 Å². The van der Waals surface area contributed by atoms with Crippen LogP contribution < -0.4 is 10.6 Å². The number of nitriles is 1. The summed E-state index contributed by atoms with van der Waals surface area (Å²) in [6.45, 7) is 1.13. The number of hydrogen-bond acceptors (Lipinski definition) is 7. The Labute approximate surface area is 187 Å². The number of aromatic nitrogens is 6. The summed E-state index contributed by atoms with van der Waals surface area (Å²) in [6, 6.07) is 5.20. The molecule has 4 aromatic rings. The number of nitrogens with zero attached hydrogens (tertiary/aromatic N) is 7. The van der Waals surface area contributed by atoms with Crippen LogP contribution in [-0.4, -0.2) is 42.8 Å². The molecule has 1 aliphatic heterocycles. The number of hydrogen-bond donors (Lipinski definition) is 2. The van der Waals surface area contributed by atoms with E-state index in [2.05, 4.69) is 31.1 Å². The van der Waals surface area contributed by atoms with Crippen LogP contribution in [0.15, 0.2) is 37.1 Å². The number of fused-ring (bicyclic) bond motifs is 1. The molecule has 0 amide bonds. The number of nitrogen functional groups attached to an aromatic ring is 1. The highest BCUT2D eigenvalue weighted by molar-refractivity contribution is 6.31. The number of nitrogens with two attached hydrogens (primary N) is 1. The molecule has 3 N–H and O–H groups in total. The fourth-order valence-corrected chi connectivity index (χ4v) is 4.44. The van der Waals surface area contributed by atoms with Crippen LogP contribution in [0, 0.1) is 23.1 Å². The third-order valence-electron chi connectivity index (χ3n) is 5.88. The average molecular weight is 452 g/mol. The van der Waals surface area contributed by atoms with Crippen molar-refractivity contribution in [3.8, 4) is 17.3 Å². The molecule has 1 aliphatic rings. The zero-order valence-electron chi connectivity index (χ0n) is 16.9. The number of anilines is 2. The van der Waals surface area contributed by atoms with Crippen molar-refractivity contribution in [3.05, 3.63) is 48.0 Å². The topological polar surface area (TPSA) is 125 Å². The zero-order valence-corrected chi connectivity index (χ0v) is 17.7. The molecule has 162 valence electrons. The smallest absolute Gasteiger partial charge is 0.167 e. The summed E-state index contributed by atoms with van der Waals surface area (Å²) >= 11 is 6.00. The van der Waals surface area contributed by atoms with Crippen molar-refractivity contribution in [3.63, 3.8) is 0 Å². The van der Waals surface area contributed by atoms with Crippen molar-refractivity contribution in [2.24, 2.45) is 5.92 Å². The Morgan fingerprint density at radius 1 is 1.41 bits per heavy atom. The second kappa shape index (κ2) is 8.09. The second-order valence-electron chi connectivity index (χ2n) is 7.77. The average Bonchev–Trinajstić information content (AvgIpc) is 3.54. The van der Waals surface area contributed by atoms with Gasteiger partial charge in [-0.25, -0.2) is 19.3 Å². The minimum atomic E-state index is -0.509. The van der Waals surface area contributed by atoms with Crippen molar-refractivity contribution in [1.29, 1.82) is 5.26 Å². The Bertz CT molecular complexity index is 1320. The van der Waals surface area contributed by atoms with E-state index in [1.165, 1.54) is 12.4 Å². The van der Waals surface area contributed by atoms with Gasteiger partial charge in [0.2, 0.25) is 0 Å². The number of halogens is 2. The number of pyridine rings is 1. The molecule has 0 saturated carbocycles. The van der Waals surface area contributed by atoms with Crippen molar-refractivity contribution in [2.45, 2.75) is 18.9 Å². The SMILES string of the molecule is N#CCC(C1CCN(c2nc(Cl)c(N)cc2F)C1)n1cc(-c2ncnc3[nH]ccc23)cn1. The van der Waals surface area contributed by atoms with E-state index in [1.54, 1.807) is 6.20 Å². The molecule has 0 aromatic carbocycles. The first kappa shape index (κ1) is 20.2. The van der Waals surface area contributed by atoms with Gasteiger partial charge in [0.05, 0.1) is 36.1 Å². The van der Waals surface area contributed by atoms with Crippen LogP contribution in [0.25, 0.3) is 22.3 Å². The summed E-state index contributed by atoms with van der Waals surface area (Å²) in [7, 11) is 0. The minimum absolute atomic E-state index is 0.0797. The van der Waals surface area contributed by atoms with Crippen LogP contribution in [0.3, 0.4) is 0 Å². The molecule has 0 spiro atoms. The van der Waals surface area contributed by atoms with Crippen LogP contribution in [0.2, 0.25) is 5.15 Å². The fraction of sp³-hybridized carbons (Fsp3) is 0.286. The number of aromatic amines is 1. The normalized spacial score (nSPS) is 17.0. The molecule has 4 aromatic heterocycles. The molecular formula is C21H19ClFN9. The van der Waals surface area contributed by atoms with Gasteiger partial charge in [0, 0.05) is 48.4 Å². The van der Waals surface area contributed by atoms with Gasteiger partial charge >= 0.3 is 0 Å². The molecule has 11 heteroatoms. The van der Waals surface area contributed by atoms with Gasteiger partial charge < -0.3 is 15.6 Å². The van der Waals surface area contributed by atoms with Crippen LogP contribution in [0.1, 0.15) is 18.9 Å². The highest BCUT2D eigenvalue weighted by Gasteiger charge is 2.33. The van der Waals surface area contributed by atoms with Crippen molar-refractivity contribution in [1.82, 2.24) is 29.7 Å². The van der Waals surface area contributed by atoms with E-state index >= 15 is 0 Å². The summed E-state index contributed by atoms with van der Waals surface area (Å²) in [4.78, 5) is 17.7. The van der Waals surface area contributed by atoms with Crippen LogP contribution in [-0.2, 0) is 0 Å². The lowest BCUT2D eigenvalue weighted by atomic mass is 9.96. The zero-order chi connectivity index (χ0) is 22.2. The first-order valence-electron chi connectivity index (χ1n) is 10.1. The summed E-state index contributed by atoms with van der Waals surface area (Å²) in [6.07, 6.45) is 8.01. The molecule has 5 heterocycles. The van der Waals surface area contributed by atoms with Gasteiger partial charge in [0.25, 0.3) is 0 Å². The monoisotopic (exact) mass is 451 g/mol. The molecule has 0 radical (unpaired) electrons. The number of H-pyrrole nitrogens is 1. The molecule has 2 atom stereocenters. The lowest BCUT2D eigenvalue weighted by molar-refractivity contribution is 0.331. The number of rotatable bonds is 5. The van der Waals surface area contributed by atoms with Crippen molar-refractivity contribution in [2.75, 3.05) is 23.7 Å². The maximum absolute atomic E-state index is 14.4. The van der Waals surface area contributed by atoms with Gasteiger partial charge in [-0.15, -0.1) is 0 Å². The van der Waals surface area contributed by atoms with E-state index in [1.807, 2.05) is 28.0 Å². The second-order valence-corrected chi connectivity index (χ2v) is 8.13. The molecule has 1 fully saturated rings. The van der Waals surface area contributed by atoms with Gasteiger partial charge in [0.1, 0.15) is 12.0 Å². The van der Waals surface area contributed by atoms with Gasteiger partial charge in [-0.05, 0) is 12.5 Å². The summed E-state index contributed by atoms with van der Waals surface area (Å²) in [5.74, 6) is -0.248. The highest BCUT2D eigenvalue weighted by Crippen LogP contribution is 2.35. The number of nitrogens with one attached hydrogen (secondary N) is 1. The van der Waals surface area contributed by atoms with E-state index in [-0.39, 0.29) is 35.0 Å². The van der Waals surface area contributed by atoms with E-state index in [0.29, 0.717) is 13.1 Å². The molecule has 1 saturated heterocycles. The molecule has 5 rings (SSSR count). The standard InChI is InChI=1S/C21H19ClFN9/c22-19-16(25)7-15(23)21(30-19)31-6-3-12(9-31)17(1-4-24)32-10-13(8-29-32)18-14-2-5-26-20(14)28-11-27-18/h2,5,7-8,10-12,17H,1,3,6,9,25H2,(H,26,27,28). The summed E-state index contributed by atoms with van der Waals surface area (Å²) < 4.78 is 16.3. The Hall–Kier alpha value is -3.71. The Balaban J connectivity index is 1.41.